The van der Waals surface area contributed by atoms with Crippen molar-refractivity contribution in [3.05, 3.63) is 0 Å². The van der Waals surface area contributed by atoms with Gasteiger partial charge in [0.15, 0.2) is 0 Å². The molecule has 1 rings (SSSR count). The summed E-state index contributed by atoms with van der Waals surface area (Å²) in [6.07, 6.45) is 4.34. The maximum atomic E-state index is 12.0. The Morgan fingerprint density at radius 2 is 2.00 bits per heavy atom. The van der Waals surface area contributed by atoms with Gasteiger partial charge < -0.3 is 10.4 Å². The minimum Gasteiger partial charge on any atom is -0.396 e. The smallest absolute Gasteiger partial charge is 0.238 e. The maximum Gasteiger partial charge on any atom is 0.238 e. The lowest BCUT2D eigenvalue weighted by Gasteiger charge is -2.31. The van der Waals surface area contributed by atoms with Gasteiger partial charge in [-0.05, 0) is 26.2 Å². The van der Waals surface area contributed by atoms with Gasteiger partial charge in [-0.2, -0.15) is 0 Å². The first-order valence-corrected chi connectivity index (χ1v) is 8.96. The van der Waals surface area contributed by atoms with E-state index in [1.807, 2.05) is 0 Å². The fourth-order valence-electron chi connectivity index (χ4n) is 2.57. The Labute approximate surface area is 121 Å². The molecule has 1 saturated carbocycles. The van der Waals surface area contributed by atoms with Crippen molar-refractivity contribution in [1.29, 1.82) is 0 Å². The lowest BCUT2D eigenvalue weighted by Crippen LogP contribution is -2.51. The molecule has 1 aliphatic carbocycles. The van der Waals surface area contributed by atoms with Crippen LogP contribution in [0.5, 0.6) is 0 Å². The molecule has 1 fully saturated rings. The normalized spacial score (nSPS) is 25.1. The van der Waals surface area contributed by atoms with Gasteiger partial charge >= 0.3 is 0 Å². The van der Waals surface area contributed by atoms with Crippen LogP contribution in [0.3, 0.4) is 0 Å². The molecular formula is C13H26N2O4S. The molecule has 1 amide bonds. The number of aliphatic hydroxyl groups excluding tert-OH is 1. The Bertz CT molecular complexity index is 411. The highest BCUT2D eigenvalue weighted by atomic mass is 32.2. The summed E-state index contributed by atoms with van der Waals surface area (Å²) >= 11 is 0. The molecule has 7 heteroatoms. The largest absolute Gasteiger partial charge is 0.396 e. The molecule has 3 N–H and O–H groups in total. The molecule has 20 heavy (non-hydrogen) atoms. The van der Waals surface area contributed by atoms with Crippen molar-refractivity contribution in [2.24, 2.45) is 5.92 Å². The Morgan fingerprint density at radius 1 is 1.35 bits per heavy atom. The first kappa shape index (κ1) is 17.4. The molecule has 0 aliphatic heterocycles. The van der Waals surface area contributed by atoms with E-state index in [0.29, 0.717) is 6.42 Å². The number of rotatable bonds is 7. The molecule has 6 nitrogen and oxygen atoms in total. The van der Waals surface area contributed by atoms with Crippen LogP contribution in [0.1, 0.15) is 46.0 Å². The van der Waals surface area contributed by atoms with Crippen molar-refractivity contribution in [3.63, 3.8) is 0 Å². The number of amides is 1. The lowest BCUT2D eigenvalue weighted by molar-refractivity contribution is -0.123. The molecule has 118 valence electrons. The molecule has 0 aromatic rings. The van der Waals surface area contributed by atoms with E-state index in [1.54, 1.807) is 13.8 Å². The molecule has 0 bridgehead atoms. The fraction of sp³-hybridized carbons (Fsp3) is 0.923. The second-order valence-electron chi connectivity index (χ2n) is 5.50. The molecular weight excluding hydrogens is 280 g/mol. The predicted octanol–water partition coefficient (Wildman–Crippen LogP) is 0.372. The van der Waals surface area contributed by atoms with Gasteiger partial charge in [0.1, 0.15) is 0 Å². The summed E-state index contributed by atoms with van der Waals surface area (Å²) in [5, 5.41) is 12.2. The monoisotopic (exact) mass is 306 g/mol. The summed E-state index contributed by atoms with van der Waals surface area (Å²) < 4.78 is 25.6. The van der Waals surface area contributed by atoms with E-state index in [0.717, 1.165) is 25.7 Å². The summed E-state index contributed by atoms with van der Waals surface area (Å²) in [5.74, 6) is -0.227. The van der Waals surface area contributed by atoms with Gasteiger partial charge in [-0.1, -0.05) is 19.8 Å². The quantitative estimate of drug-likeness (QED) is 0.633. The van der Waals surface area contributed by atoms with Crippen LogP contribution in [0.25, 0.3) is 0 Å². The van der Waals surface area contributed by atoms with Crippen LogP contribution in [0.2, 0.25) is 0 Å². The van der Waals surface area contributed by atoms with Crippen molar-refractivity contribution in [2.45, 2.75) is 58.0 Å². The predicted molar refractivity (Wildman–Crippen MR) is 77.7 cm³/mol. The number of hydrogen-bond donors (Lipinski definition) is 3. The molecule has 0 saturated heterocycles. The summed E-state index contributed by atoms with van der Waals surface area (Å²) in [6.45, 7) is 3.37. The number of aliphatic hydroxyl groups is 1. The number of carbonyl (C=O) groups excluding carboxylic acids is 1. The summed E-state index contributed by atoms with van der Waals surface area (Å²) in [5.41, 5.74) is 0. The first-order chi connectivity index (χ1) is 9.39. The summed E-state index contributed by atoms with van der Waals surface area (Å²) in [4.78, 5) is 12.0. The topological polar surface area (TPSA) is 95.5 Å². The number of nitrogens with one attached hydrogen (secondary N) is 2. The Balaban J connectivity index is 2.52. The van der Waals surface area contributed by atoms with Gasteiger partial charge in [0.2, 0.25) is 15.9 Å². The van der Waals surface area contributed by atoms with Gasteiger partial charge in [-0.15, -0.1) is 0 Å². The fourth-order valence-corrected chi connectivity index (χ4v) is 3.88. The molecule has 0 aromatic heterocycles. The highest BCUT2D eigenvalue weighted by Gasteiger charge is 2.28. The third-order valence-corrected chi connectivity index (χ3v) is 5.35. The molecule has 0 spiro atoms. The van der Waals surface area contributed by atoms with E-state index in [9.17, 15) is 18.3 Å². The first-order valence-electron chi connectivity index (χ1n) is 7.31. The maximum absolute atomic E-state index is 12.0. The third kappa shape index (κ3) is 5.38. The Hall–Kier alpha value is -0.660. The van der Waals surface area contributed by atoms with Gasteiger partial charge in [-0.3, -0.25) is 4.79 Å². The van der Waals surface area contributed by atoms with Crippen molar-refractivity contribution in [3.8, 4) is 0 Å². The van der Waals surface area contributed by atoms with Crippen molar-refractivity contribution < 1.29 is 18.3 Å². The second kappa shape index (κ2) is 7.95. The minimum atomic E-state index is -3.40. The number of sulfonamides is 1. The molecule has 0 radical (unpaired) electrons. The number of carbonyl (C=O) groups is 1. The van der Waals surface area contributed by atoms with Crippen LogP contribution >= 0.6 is 0 Å². The van der Waals surface area contributed by atoms with Crippen LogP contribution in [-0.4, -0.2) is 43.9 Å². The highest BCUT2D eigenvalue weighted by Crippen LogP contribution is 2.23. The van der Waals surface area contributed by atoms with Gasteiger partial charge in [-0.25, -0.2) is 13.1 Å². The van der Waals surface area contributed by atoms with E-state index in [-0.39, 0.29) is 30.2 Å². The van der Waals surface area contributed by atoms with Crippen LogP contribution in [0.15, 0.2) is 0 Å². The van der Waals surface area contributed by atoms with E-state index < -0.39 is 16.1 Å². The van der Waals surface area contributed by atoms with Crippen LogP contribution in [0, 0.1) is 5.92 Å². The Morgan fingerprint density at radius 3 is 2.60 bits per heavy atom. The SMILES string of the molecule is CCCS(=O)(=O)NC(C)C(=O)NC1CCCCC1CO. The molecule has 3 unspecified atom stereocenters. The van der Waals surface area contributed by atoms with Crippen LogP contribution < -0.4 is 10.0 Å². The highest BCUT2D eigenvalue weighted by molar-refractivity contribution is 7.89. The van der Waals surface area contributed by atoms with Gasteiger partial charge in [0, 0.05) is 18.6 Å². The summed E-state index contributed by atoms with van der Waals surface area (Å²) in [6, 6.07) is -0.841. The van der Waals surface area contributed by atoms with Crippen LogP contribution in [0.4, 0.5) is 0 Å². The standard InChI is InChI=1S/C13H26N2O4S/c1-3-8-20(18,19)15-10(2)13(17)14-12-7-5-4-6-11(12)9-16/h10-12,15-16H,3-9H2,1-2H3,(H,14,17). The van der Waals surface area contributed by atoms with Gasteiger partial charge in [0.05, 0.1) is 11.8 Å². The Kier molecular flexibility index (Phi) is 6.91. The lowest BCUT2D eigenvalue weighted by atomic mass is 9.85. The molecule has 0 aromatic carbocycles. The third-order valence-electron chi connectivity index (χ3n) is 3.69. The van der Waals surface area contributed by atoms with Crippen molar-refractivity contribution in [1.82, 2.24) is 10.0 Å². The van der Waals surface area contributed by atoms with E-state index in [4.69, 9.17) is 0 Å². The van der Waals surface area contributed by atoms with E-state index >= 15 is 0 Å². The summed E-state index contributed by atoms with van der Waals surface area (Å²) in [7, 11) is -3.40. The number of hydrogen-bond acceptors (Lipinski definition) is 4. The van der Waals surface area contributed by atoms with E-state index in [1.165, 1.54) is 0 Å². The minimum absolute atomic E-state index is 0.0211. The van der Waals surface area contributed by atoms with Crippen molar-refractivity contribution in [2.75, 3.05) is 12.4 Å². The average Bonchev–Trinajstić information content (AvgIpc) is 2.38. The zero-order valence-electron chi connectivity index (χ0n) is 12.3. The van der Waals surface area contributed by atoms with Gasteiger partial charge in [0.25, 0.3) is 0 Å². The second-order valence-corrected chi connectivity index (χ2v) is 7.37. The van der Waals surface area contributed by atoms with E-state index in [2.05, 4.69) is 10.0 Å². The van der Waals surface area contributed by atoms with Crippen LogP contribution in [-0.2, 0) is 14.8 Å². The zero-order chi connectivity index (χ0) is 15.2. The molecule has 1 aliphatic rings. The molecule has 3 atom stereocenters. The average molecular weight is 306 g/mol. The van der Waals surface area contributed by atoms with Crippen molar-refractivity contribution >= 4 is 15.9 Å². The molecule has 0 heterocycles. The zero-order valence-corrected chi connectivity index (χ0v) is 13.1.